The Morgan fingerprint density at radius 1 is 1.15 bits per heavy atom. The van der Waals surface area contributed by atoms with Crippen LogP contribution in [0, 0.1) is 0 Å². The second-order valence-corrected chi connectivity index (χ2v) is 5.01. The third-order valence-corrected chi connectivity index (χ3v) is 3.60. The highest BCUT2D eigenvalue weighted by Crippen LogP contribution is 2.26. The molecule has 106 valence electrons. The molecule has 0 heterocycles. The summed E-state index contributed by atoms with van der Waals surface area (Å²) < 4.78 is 5.36. The molecule has 0 spiro atoms. The van der Waals surface area contributed by atoms with Gasteiger partial charge < -0.3 is 14.7 Å². The summed E-state index contributed by atoms with van der Waals surface area (Å²) in [6.07, 6.45) is 0. The maximum absolute atomic E-state index is 9.14. The van der Waals surface area contributed by atoms with Crippen molar-refractivity contribution in [3.63, 3.8) is 0 Å². The predicted molar refractivity (Wildman–Crippen MR) is 82.5 cm³/mol. The largest absolute Gasteiger partial charge is 0.496 e. The summed E-state index contributed by atoms with van der Waals surface area (Å²) in [7, 11) is 3.67. The summed E-state index contributed by atoms with van der Waals surface area (Å²) in [5.41, 5.74) is 2.85. The molecule has 0 bridgehead atoms. The summed E-state index contributed by atoms with van der Waals surface area (Å²) in [5.74, 6) is 0.873. The number of halogens is 1. The SMILES string of the molecule is COc1ccccc1CN(C)c1ccc(CO)c(Cl)c1. The number of nitrogens with zero attached hydrogens (tertiary/aromatic N) is 1. The molecule has 4 heteroatoms. The average Bonchev–Trinajstić information content (AvgIpc) is 2.47. The monoisotopic (exact) mass is 291 g/mol. The molecule has 0 saturated carbocycles. The van der Waals surface area contributed by atoms with Gasteiger partial charge in [0.1, 0.15) is 5.75 Å². The Hall–Kier alpha value is -1.71. The van der Waals surface area contributed by atoms with Crippen LogP contribution in [0.2, 0.25) is 5.02 Å². The third kappa shape index (κ3) is 3.24. The van der Waals surface area contributed by atoms with Crippen molar-refractivity contribution in [1.82, 2.24) is 0 Å². The van der Waals surface area contributed by atoms with Crippen molar-refractivity contribution < 1.29 is 9.84 Å². The first-order chi connectivity index (χ1) is 9.65. The van der Waals surface area contributed by atoms with Crippen LogP contribution >= 0.6 is 11.6 Å². The molecule has 0 fully saturated rings. The van der Waals surface area contributed by atoms with Crippen LogP contribution in [-0.4, -0.2) is 19.3 Å². The highest BCUT2D eigenvalue weighted by Gasteiger charge is 2.08. The van der Waals surface area contributed by atoms with Gasteiger partial charge in [0.15, 0.2) is 0 Å². The lowest BCUT2D eigenvalue weighted by atomic mass is 10.1. The van der Waals surface area contributed by atoms with Crippen molar-refractivity contribution >= 4 is 17.3 Å². The zero-order chi connectivity index (χ0) is 14.5. The molecule has 0 aliphatic heterocycles. The van der Waals surface area contributed by atoms with Gasteiger partial charge in [0.2, 0.25) is 0 Å². The molecular formula is C16H18ClNO2. The van der Waals surface area contributed by atoms with Gasteiger partial charge in [-0.1, -0.05) is 35.9 Å². The number of ether oxygens (including phenoxy) is 1. The molecule has 20 heavy (non-hydrogen) atoms. The normalized spacial score (nSPS) is 10.4. The van der Waals surface area contributed by atoms with Crippen molar-refractivity contribution in [2.45, 2.75) is 13.2 Å². The van der Waals surface area contributed by atoms with Crippen molar-refractivity contribution in [2.75, 3.05) is 19.1 Å². The summed E-state index contributed by atoms with van der Waals surface area (Å²) in [6, 6.07) is 13.6. The molecule has 2 aromatic rings. The Labute approximate surface area is 124 Å². The molecule has 2 rings (SSSR count). The maximum Gasteiger partial charge on any atom is 0.123 e. The zero-order valence-corrected chi connectivity index (χ0v) is 12.4. The number of hydrogen-bond acceptors (Lipinski definition) is 3. The number of methoxy groups -OCH3 is 1. The average molecular weight is 292 g/mol. The lowest BCUT2D eigenvalue weighted by Crippen LogP contribution is -2.17. The van der Waals surface area contributed by atoms with Gasteiger partial charge in [0.25, 0.3) is 0 Å². The Morgan fingerprint density at radius 2 is 1.90 bits per heavy atom. The Kier molecular flexibility index (Phi) is 4.88. The Balaban J connectivity index is 2.19. The molecule has 0 aromatic heterocycles. The van der Waals surface area contributed by atoms with E-state index >= 15 is 0 Å². The van der Waals surface area contributed by atoms with E-state index in [9.17, 15) is 0 Å². The number of para-hydroxylation sites is 1. The molecule has 0 radical (unpaired) electrons. The first-order valence-corrected chi connectivity index (χ1v) is 6.76. The lowest BCUT2D eigenvalue weighted by Gasteiger charge is -2.21. The lowest BCUT2D eigenvalue weighted by molar-refractivity contribution is 0.282. The van der Waals surface area contributed by atoms with Crippen molar-refractivity contribution in [1.29, 1.82) is 0 Å². The maximum atomic E-state index is 9.14. The minimum Gasteiger partial charge on any atom is -0.496 e. The summed E-state index contributed by atoms with van der Waals surface area (Å²) in [6.45, 7) is 0.675. The van der Waals surface area contributed by atoms with E-state index in [-0.39, 0.29) is 6.61 Å². The first-order valence-electron chi connectivity index (χ1n) is 6.38. The molecular weight excluding hydrogens is 274 g/mol. The number of benzene rings is 2. The number of rotatable bonds is 5. The number of aliphatic hydroxyl groups excluding tert-OH is 1. The highest BCUT2D eigenvalue weighted by atomic mass is 35.5. The van der Waals surface area contributed by atoms with Crippen LogP contribution in [0.25, 0.3) is 0 Å². The summed E-state index contributed by atoms with van der Waals surface area (Å²) in [5, 5.41) is 9.72. The van der Waals surface area contributed by atoms with Gasteiger partial charge in [-0.05, 0) is 23.8 Å². The van der Waals surface area contributed by atoms with E-state index in [1.807, 2.05) is 49.5 Å². The van der Waals surface area contributed by atoms with E-state index in [4.69, 9.17) is 21.4 Å². The summed E-state index contributed by atoms with van der Waals surface area (Å²) in [4.78, 5) is 2.09. The molecule has 0 aliphatic carbocycles. The van der Waals surface area contributed by atoms with Crippen LogP contribution in [-0.2, 0) is 13.2 Å². The van der Waals surface area contributed by atoms with E-state index in [2.05, 4.69) is 4.90 Å². The van der Waals surface area contributed by atoms with Crippen molar-refractivity contribution in [3.8, 4) is 5.75 Å². The van der Waals surface area contributed by atoms with Crippen LogP contribution in [0.1, 0.15) is 11.1 Å². The Bertz CT molecular complexity index is 586. The van der Waals surface area contributed by atoms with Crippen molar-refractivity contribution in [2.24, 2.45) is 0 Å². The summed E-state index contributed by atoms with van der Waals surface area (Å²) >= 11 is 6.12. The molecule has 0 amide bonds. The van der Waals surface area contributed by atoms with Gasteiger partial charge in [0.05, 0.1) is 13.7 Å². The zero-order valence-electron chi connectivity index (χ0n) is 11.6. The van der Waals surface area contributed by atoms with Crippen LogP contribution in [0.4, 0.5) is 5.69 Å². The second kappa shape index (κ2) is 6.64. The van der Waals surface area contributed by atoms with Crippen LogP contribution in [0.3, 0.4) is 0 Å². The fourth-order valence-corrected chi connectivity index (χ4v) is 2.32. The topological polar surface area (TPSA) is 32.7 Å². The van der Waals surface area contributed by atoms with E-state index in [1.54, 1.807) is 7.11 Å². The van der Waals surface area contributed by atoms with Gasteiger partial charge in [-0.25, -0.2) is 0 Å². The minimum atomic E-state index is -0.0463. The second-order valence-electron chi connectivity index (χ2n) is 4.60. The molecule has 2 aromatic carbocycles. The van der Waals surface area contributed by atoms with Gasteiger partial charge in [-0.3, -0.25) is 0 Å². The first kappa shape index (κ1) is 14.7. The minimum absolute atomic E-state index is 0.0463. The number of aliphatic hydroxyl groups is 1. The molecule has 0 unspecified atom stereocenters. The predicted octanol–water partition coefficient (Wildman–Crippen LogP) is 3.48. The molecule has 1 N–H and O–H groups in total. The third-order valence-electron chi connectivity index (χ3n) is 3.25. The molecule has 0 aliphatic rings. The van der Waals surface area contributed by atoms with E-state index in [0.29, 0.717) is 5.02 Å². The smallest absolute Gasteiger partial charge is 0.123 e. The Morgan fingerprint density at radius 3 is 2.55 bits per heavy atom. The number of hydrogen-bond donors (Lipinski definition) is 1. The van der Waals surface area contributed by atoms with Crippen molar-refractivity contribution in [3.05, 3.63) is 58.6 Å². The van der Waals surface area contributed by atoms with Gasteiger partial charge in [-0.15, -0.1) is 0 Å². The van der Waals surface area contributed by atoms with E-state index in [1.165, 1.54) is 0 Å². The molecule has 0 saturated heterocycles. The fourth-order valence-electron chi connectivity index (χ4n) is 2.08. The van der Waals surface area contributed by atoms with Crippen LogP contribution in [0.5, 0.6) is 5.75 Å². The van der Waals surface area contributed by atoms with Crippen LogP contribution < -0.4 is 9.64 Å². The van der Waals surface area contributed by atoms with Gasteiger partial charge in [-0.2, -0.15) is 0 Å². The van der Waals surface area contributed by atoms with Crippen LogP contribution in [0.15, 0.2) is 42.5 Å². The highest BCUT2D eigenvalue weighted by molar-refractivity contribution is 6.31. The van der Waals surface area contributed by atoms with E-state index in [0.717, 1.165) is 29.1 Å². The van der Waals surface area contributed by atoms with Gasteiger partial charge in [0, 0.05) is 29.9 Å². The number of anilines is 1. The quantitative estimate of drug-likeness (QED) is 0.915. The van der Waals surface area contributed by atoms with E-state index < -0.39 is 0 Å². The molecule has 0 atom stereocenters. The standard InChI is InChI=1S/C16H18ClNO2/c1-18(10-12-5-3-4-6-16(12)20-2)14-8-7-13(11-19)15(17)9-14/h3-9,19H,10-11H2,1-2H3. The van der Waals surface area contributed by atoms with Gasteiger partial charge >= 0.3 is 0 Å². The fraction of sp³-hybridized carbons (Fsp3) is 0.250. The molecule has 3 nitrogen and oxygen atoms in total.